The Kier molecular flexibility index (Phi) is 5.80. The van der Waals surface area contributed by atoms with Gasteiger partial charge in [-0.15, -0.1) is 0 Å². The van der Waals surface area contributed by atoms with Gasteiger partial charge in [-0.3, -0.25) is 4.79 Å². The van der Waals surface area contributed by atoms with Crippen LogP contribution in [0.15, 0.2) is 53.4 Å². The van der Waals surface area contributed by atoms with Crippen LogP contribution in [-0.2, 0) is 11.0 Å². The van der Waals surface area contributed by atoms with Crippen molar-refractivity contribution in [2.45, 2.75) is 24.2 Å². The standard InChI is InChI=1S/C19H20N2O4S/c22-18(14-8-10-15(11-9-14)19(23)24)20-16-6-2-3-7-17(16)26(25)21-12-4-1-5-13-21/h2-3,6-11H,1,4-5,12-13H2,(H,20,22)(H,23,24). The van der Waals surface area contributed by atoms with Gasteiger partial charge in [0.05, 0.1) is 16.1 Å². The maximum absolute atomic E-state index is 12.9. The zero-order valence-corrected chi connectivity index (χ0v) is 15.0. The Balaban J connectivity index is 1.78. The molecule has 0 radical (unpaired) electrons. The van der Waals surface area contributed by atoms with E-state index in [2.05, 4.69) is 5.32 Å². The number of hydrogen-bond acceptors (Lipinski definition) is 3. The van der Waals surface area contributed by atoms with Crippen LogP contribution in [0.3, 0.4) is 0 Å². The average molecular weight is 372 g/mol. The van der Waals surface area contributed by atoms with E-state index >= 15 is 0 Å². The number of carbonyl (C=O) groups is 2. The van der Waals surface area contributed by atoms with E-state index in [1.54, 1.807) is 24.3 Å². The number of rotatable bonds is 5. The number of hydrogen-bond donors (Lipinski definition) is 2. The van der Waals surface area contributed by atoms with E-state index in [-0.39, 0.29) is 11.5 Å². The third-order valence-corrected chi connectivity index (χ3v) is 5.83. The lowest BCUT2D eigenvalue weighted by Gasteiger charge is -2.26. The minimum atomic E-state index is -1.32. The highest BCUT2D eigenvalue weighted by Gasteiger charge is 2.21. The molecule has 26 heavy (non-hydrogen) atoms. The van der Waals surface area contributed by atoms with Crippen LogP contribution in [0.4, 0.5) is 5.69 Å². The second kappa shape index (κ2) is 8.25. The molecule has 6 nitrogen and oxygen atoms in total. The van der Waals surface area contributed by atoms with E-state index < -0.39 is 17.0 Å². The Bertz CT molecular complexity index is 830. The molecule has 0 bridgehead atoms. The Labute approximate surface area is 154 Å². The smallest absolute Gasteiger partial charge is 0.335 e. The average Bonchev–Trinajstić information content (AvgIpc) is 2.68. The van der Waals surface area contributed by atoms with Crippen LogP contribution in [0.2, 0.25) is 0 Å². The molecule has 2 aromatic carbocycles. The summed E-state index contributed by atoms with van der Waals surface area (Å²) in [5, 5.41) is 11.7. The fourth-order valence-corrected chi connectivity index (χ4v) is 4.22. The Morgan fingerprint density at radius 1 is 0.923 bits per heavy atom. The van der Waals surface area contributed by atoms with Crippen molar-refractivity contribution in [3.05, 3.63) is 59.7 Å². The summed E-state index contributed by atoms with van der Waals surface area (Å²) in [6, 6.07) is 12.7. The van der Waals surface area contributed by atoms with Crippen molar-refractivity contribution in [1.82, 2.24) is 4.31 Å². The number of nitrogens with one attached hydrogen (secondary N) is 1. The predicted molar refractivity (Wildman–Crippen MR) is 99.6 cm³/mol. The van der Waals surface area contributed by atoms with Crippen molar-refractivity contribution in [2.75, 3.05) is 18.4 Å². The first-order valence-corrected chi connectivity index (χ1v) is 9.57. The molecule has 0 saturated carbocycles. The minimum Gasteiger partial charge on any atom is -0.478 e. The van der Waals surface area contributed by atoms with Gasteiger partial charge in [0, 0.05) is 18.7 Å². The van der Waals surface area contributed by atoms with Gasteiger partial charge >= 0.3 is 5.97 Å². The van der Waals surface area contributed by atoms with Crippen LogP contribution < -0.4 is 5.32 Å². The molecule has 7 heteroatoms. The first kappa shape index (κ1) is 18.3. The largest absolute Gasteiger partial charge is 0.478 e. The highest BCUT2D eigenvalue weighted by molar-refractivity contribution is 7.82. The first-order valence-electron chi connectivity index (χ1n) is 8.47. The molecule has 0 aliphatic carbocycles. The number of benzene rings is 2. The lowest BCUT2D eigenvalue weighted by atomic mass is 10.1. The topological polar surface area (TPSA) is 86.7 Å². The van der Waals surface area contributed by atoms with Gasteiger partial charge < -0.3 is 10.4 Å². The fraction of sp³-hybridized carbons (Fsp3) is 0.263. The molecule has 1 aliphatic heterocycles. The summed E-state index contributed by atoms with van der Waals surface area (Å²) in [5.41, 5.74) is 0.963. The molecule has 1 amide bonds. The van der Waals surface area contributed by atoms with E-state index in [1.165, 1.54) is 24.3 Å². The number of amides is 1. The highest BCUT2D eigenvalue weighted by atomic mass is 32.2. The zero-order valence-electron chi connectivity index (χ0n) is 14.2. The molecular formula is C19H20N2O4S. The number of anilines is 1. The third kappa shape index (κ3) is 4.17. The van der Waals surface area contributed by atoms with Gasteiger partial charge in [0.15, 0.2) is 0 Å². The first-order chi connectivity index (χ1) is 12.6. The van der Waals surface area contributed by atoms with Crippen molar-refractivity contribution >= 4 is 28.5 Å². The molecule has 136 valence electrons. The molecule has 1 heterocycles. The molecule has 2 N–H and O–H groups in total. The normalized spacial score (nSPS) is 16.0. The van der Waals surface area contributed by atoms with Gasteiger partial charge in [0.2, 0.25) is 0 Å². The summed E-state index contributed by atoms with van der Waals surface area (Å²) in [5.74, 6) is -1.41. The van der Waals surface area contributed by atoms with Crippen molar-refractivity contribution in [2.24, 2.45) is 0 Å². The SMILES string of the molecule is O=C(O)c1ccc(C(=O)Nc2ccccc2S(=O)N2CCCCC2)cc1. The summed E-state index contributed by atoms with van der Waals surface area (Å²) >= 11 is 0. The molecule has 1 saturated heterocycles. The van der Waals surface area contributed by atoms with Crippen molar-refractivity contribution in [1.29, 1.82) is 0 Å². The monoisotopic (exact) mass is 372 g/mol. The maximum atomic E-state index is 12.9. The van der Waals surface area contributed by atoms with Gasteiger partial charge in [-0.05, 0) is 49.2 Å². The van der Waals surface area contributed by atoms with E-state index in [9.17, 15) is 13.8 Å². The second-order valence-electron chi connectivity index (χ2n) is 6.07. The molecule has 3 rings (SSSR count). The molecule has 1 atom stereocenters. The van der Waals surface area contributed by atoms with Crippen molar-refractivity contribution < 1.29 is 18.9 Å². The van der Waals surface area contributed by atoms with Gasteiger partial charge in [-0.2, -0.15) is 0 Å². The van der Waals surface area contributed by atoms with Crippen LogP contribution in [-0.4, -0.2) is 38.6 Å². The molecule has 1 aliphatic rings. The number of aromatic carboxylic acids is 1. The molecular weight excluding hydrogens is 352 g/mol. The summed E-state index contributed by atoms with van der Waals surface area (Å²) in [4.78, 5) is 24.0. The van der Waals surface area contributed by atoms with Crippen molar-refractivity contribution in [3.63, 3.8) is 0 Å². The summed E-state index contributed by atoms with van der Waals surface area (Å²) in [6.45, 7) is 1.57. The van der Waals surface area contributed by atoms with E-state index in [0.29, 0.717) is 16.1 Å². The fourth-order valence-electron chi connectivity index (χ4n) is 2.85. The van der Waals surface area contributed by atoms with Crippen LogP contribution in [0.1, 0.15) is 40.0 Å². The molecule has 2 aromatic rings. The Morgan fingerprint density at radius 3 is 2.19 bits per heavy atom. The van der Waals surface area contributed by atoms with Crippen LogP contribution in [0, 0.1) is 0 Å². The Hall–Kier alpha value is -2.51. The third-order valence-electron chi connectivity index (χ3n) is 4.27. The molecule has 0 spiro atoms. The van der Waals surface area contributed by atoms with E-state index in [4.69, 9.17) is 5.11 Å². The van der Waals surface area contributed by atoms with Gasteiger partial charge in [-0.1, -0.05) is 18.6 Å². The number of nitrogens with zero attached hydrogens (tertiary/aromatic N) is 1. The number of carboxylic acid groups (broad SMARTS) is 1. The number of carboxylic acids is 1. The van der Waals surface area contributed by atoms with Crippen LogP contribution >= 0.6 is 0 Å². The number of piperidine rings is 1. The minimum absolute atomic E-state index is 0.119. The zero-order chi connectivity index (χ0) is 18.5. The number of carbonyl (C=O) groups excluding carboxylic acids is 1. The lowest BCUT2D eigenvalue weighted by Crippen LogP contribution is -2.32. The highest BCUT2D eigenvalue weighted by Crippen LogP contribution is 2.24. The maximum Gasteiger partial charge on any atom is 0.335 e. The van der Waals surface area contributed by atoms with E-state index in [0.717, 1.165) is 32.4 Å². The van der Waals surface area contributed by atoms with Gasteiger partial charge in [-0.25, -0.2) is 13.3 Å². The van der Waals surface area contributed by atoms with Crippen molar-refractivity contribution in [3.8, 4) is 0 Å². The quantitative estimate of drug-likeness (QED) is 0.844. The Morgan fingerprint density at radius 2 is 1.54 bits per heavy atom. The number of para-hydroxylation sites is 1. The predicted octanol–water partition coefficient (Wildman–Crippen LogP) is 3.15. The van der Waals surface area contributed by atoms with Crippen LogP contribution in [0.25, 0.3) is 0 Å². The molecule has 0 aromatic heterocycles. The molecule has 1 fully saturated rings. The summed E-state index contributed by atoms with van der Waals surface area (Å²) in [7, 11) is -1.32. The van der Waals surface area contributed by atoms with E-state index in [1.807, 2.05) is 4.31 Å². The van der Waals surface area contributed by atoms with Crippen LogP contribution in [0.5, 0.6) is 0 Å². The van der Waals surface area contributed by atoms with Gasteiger partial charge in [0.1, 0.15) is 11.0 Å². The summed E-state index contributed by atoms with van der Waals surface area (Å²) < 4.78 is 14.8. The molecule has 1 unspecified atom stereocenters. The second-order valence-corrected chi connectivity index (χ2v) is 7.53. The summed E-state index contributed by atoms with van der Waals surface area (Å²) in [6.07, 6.45) is 3.20. The van der Waals surface area contributed by atoms with Gasteiger partial charge in [0.25, 0.3) is 5.91 Å². The lowest BCUT2D eigenvalue weighted by molar-refractivity contribution is 0.0696.